The Labute approximate surface area is 116 Å². The Hall–Kier alpha value is -2.69. The van der Waals surface area contributed by atoms with Gasteiger partial charge in [0.1, 0.15) is 11.6 Å². The summed E-state index contributed by atoms with van der Waals surface area (Å²) in [5.74, 6) is -0.397. The highest BCUT2D eigenvalue weighted by Crippen LogP contribution is 2.20. The summed E-state index contributed by atoms with van der Waals surface area (Å²) in [5, 5.41) is 5.48. The quantitative estimate of drug-likeness (QED) is 0.822. The van der Waals surface area contributed by atoms with Crippen LogP contribution in [0.4, 0.5) is 15.9 Å². The number of benzene rings is 1. The van der Waals surface area contributed by atoms with E-state index in [1.807, 2.05) is 0 Å². The molecule has 2 aromatic rings. The largest absolute Gasteiger partial charge is 0.348 e. The summed E-state index contributed by atoms with van der Waals surface area (Å²) in [6.45, 7) is 3.89. The number of carbonyl (C=O) groups is 1. The van der Waals surface area contributed by atoms with Crippen LogP contribution in [-0.4, -0.2) is 17.4 Å². The molecule has 2 rings (SSSR count). The second kappa shape index (κ2) is 6.47. The molecule has 0 aliphatic carbocycles. The lowest BCUT2D eigenvalue weighted by molar-refractivity contribution is 0.0958. The minimum atomic E-state index is -0.407. The van der Waals surface area contributed by atoms with Gasteiger partial charge in [0.15, 0.2) is 0 Å². The third-order valence-electron chi connectivity index (χ3n) is 2.59. The van der Waals surface area contributed by atoms with Gasteiger partial charge in [-0.3, -0.25) is 4.79 Å². The van der Waals surface area contributed by atoms with E-state index < -0.39 is 5.82 Å². The van der Waals surface area contributed by atoms with Gasteiger partial charge >= 0.3 is 0 Å². The first-order chi connectivity index (χ1) is 9.72. The summed E-state index contributed by atoms with van der Waals surface area (Å²) in [4.78, 5) is 16.0. The molecule has 0 radical (unpaired) electrons. The van der Waals surface area contributed by atoms with Crippen molar-refractivity contribution in [2.24, 2.45) is 0 Å². The van der Waals surface area contributed by atoms with E-state index in [9.17, 15) is 9.18 Å². The molecule has 0 fully saturated rings. The van der Waals surface area contributed by atoms with E-state index in [4.69, 9.17) is 0 Å². The van der Waals surface area contributed by atoms with Crippen molar-refractivity contribution in [1.82, 2.24) is 10.3 Å². The van der Waals surface area contributed by atoms with Crippen molar-refractivity contribution in [2.45, 2.75) is 0 Å². The predicted octanol–water partition coefficient (Wildman–Crippen LogP) is 2.88. The highest BCUT2D eigenvalue weighted by atomic mass is 19.1. The summed E-state index contributed by atoms with van der Waals surface area (Å²) in [7, 11) is 0. The van der Waals surface area contributed by atoms with Crippen molar-refractivity contribution in [3.63, 3.8) is 0 Å². The SMILES string of the molecule is C=CCNC(=O)c1cccnc1Nc1ccccc1F. The van der Waals surface area contributed by atoms with Crippen LogP contribution >= 0.6 is 0 Å². The summed E-state index contributed by atoms with van der Waals surface area (Å²) in [6.07, 6.45) is 3.12. The van der Waals surface area contributed by atoms with Crippen LogP contribution in [0, 0.1) is 5.82 Å². The van der Waals surface area contributed by atoms with Crippen molar-refractivity contribution in [3.05, 3.63) is 66.6 Å². The molecule has 4 nitrogen and oxygen atoms in total. The van der Waals surface area contributed by atoms with Gasteiger partial charge in [-0.25, -0.2) is 9.37 Å². The van der Waals surface area contributed by atoms with Gasteiger partial charge in [-0.2, -0.15) is 0 Å². The molecule has 1 aromatic heterocycles. The number of rotatable bonds is 5. The van der Waals surface area contributed by atoms with Gasteiger partial charge in [0.05, 0.1) is 11.3 Å². The monoisotopic (exact) mass is 271 g/mol. The fraction of sp³-hybridized carbons (Fsp3) is 0.0667. The van der Waals surface area contributed by atoms with Crippen molar-refractivity contribution < 1.29 is 9.18 Å². The van der Waals surface area contributed by atoms with Gasteiger partial charge in [-0.15, -0.1) is 6.58 Å². The lowest BCUT2D eigenvalue weighted by atomic mass is 10.2. The fourth-order valence-corrected chi connectivity index (χ4v) is 1.64. The Morgan fingerprint density at radius 2 is 2.10 bits per heavy atom. The highest BCUT2D eigenvalue weighted by Gasteiger charge is 2.12. The Bertz CT molecular complexity index is 628. The molecule has 1 aromatic carbocycles. The van der Waals surface area contributed by atoms with Crippen LogP contribution < -0.4 is 10.6 Å². The number of nitrogens with one attached hydrogen (secondary N) is 2. The van der Waals surface area contributed by atoms with Crippen LogP contribution in [0.15, 0.2) is 55.3 Å². The smallest absolute Gasteiger partial charge is 0.255 e. The van der Waals surface area contributed by atoms with E-state index in [2.05, 4.69) is 22.2 Å². The maximum Gasteiger partial charge on any atom is 0.255 e. The Morgan fingerprint density at radius 3 is 2.85 bits per heavy atom. The number of amides is 1. The topological polar surface area (TPSA) is 54.0 Å². The number of para-hydroxylation sites is 1. The molecular weight excluding hydrogens is 257 g/mol. The van der Waals surface area contributed by atoms with Gasteiger partial charge in [0.2, 0.25) is 0 Å². The van der Waals surface area contributed by atoms with E-state index in [1.54, 1.807) is 36.4 Å². The Morgan fingerprint density at radius 1 is 1.30 bits per heavy atom. The molecule has 0 aliphatic heterocycles. The number of halogens is 1. The first-order valence-corrected chi connectivity index (χ1v) is 6.08. The molecule has 0 bridgehead atoms. The average Bonchev–Trinajstić information content (AvgIpc) is 2.48. The molecule has 1 amide bonds. The molecule has 2 N–H and O–H groups in total. The predicted molar refractivity (Wildman–Crippen MR) is 76.4 cm³/mol. The number of anilines is 2. The van der Waals surface area contributed by atoms with E-state index in [-0.39, 0.29) is 11.6 Å². The van der Waals surface area contributed by atoms with Gasteiger partial charge in [-0.1, -0.05) is 18.2 Å². The minimum Gasteiger partial charge on any atom is -0.348 e. The van der Waals surface area contributed by atoms with Gasteiger partial charge in [-0.05, 0) is 24.3 Å². The molecule has 0 aliphatic rings. The van der Waals surface area contributed by atoms with Crippen molar-refractivity contribution >= 4 is 17.4 Å². The van der Waals surface area contributed by atoms with E-state index in [0.717, 1.165) is 0 Å². The fourth-order valence-electron chi connectivity index (χ4n) is 1.64. The molecule has 0 spiro atoms. The van der Waals surface area contributed by atoms with E-state index in [1.165, 1.54) is 12.3 Å². The first kappa shape index (κ1) is 13.7. The third-order valence-corrected chi connectivity index (χ3v) is 2.59. The first-order valence-electron chi connectivity index (χ1n) is 6.08. The van der Waals surface area contributed by atoms with Crippen molar-refractivity contribution in [3.8, 4) is 0 Å². The summed E-state index contributed by atoms with van der Waals surface area (Å²) >= 11 is 0. The number of hydrogen-bond acceptors (Lipinski definition) is 3. The van der Waals surface area contributed by atoms with Gasteiger partial charge in [0, 0.05) is 12.7 Å². The van der Waals surface area contributed by atoms with E-state index in [0.29, 0.717) is 17.9 Å². The zero-order valence-electron chi connectivity index (χ0n) is 10.8. The molecular formula is C15H14FN3O. The van der Waals surface area contributed by atoms with Crippen LogP contribution in [0.2, 0.25) is 0 Å². The zero-order chi connectivity index (χ0) is 14.4. The van der Waals surface area contributed by atoms with Crippen LogP contribution in [-0.2, 0) is 0 Å². The summed E-state index contributed by atoms with van der Waals surface area (Å²) in [5.41, 5.74) is 0.613. The van der Waals surface area contributed by atoms with Crippen molar-refractivity contribution in [1.29, 1.82) is 0 Å². The minimum absolute atomic E-state index is 0.268. The highest BCUT2D eigenvalue weighted by molar-refractivity contribution is 5.99. The number of aromatic nitrogens is 1. The normalized spacial score (nSPS) is 9.85. The molecule has 0 atom stereocenters. The third kappa shape index (κ3) is 3.20. The lowest BCUT2D eigenvalue weighted by Gasteiger charge is -2.11. The molecule has 20 heavy (non-hydrogen) atoms. The number of pyridine rings is 1. The second-order valence-corrected chi connectivity index (χ2v) is 4.00. The Balaban J connectivity index is 2.26. The van der Waals surface area contributed by atoms with E-state index >= 15 is 0 Å². The Kier molecular flexibility index (Phi) is 4.44. The number of nitrogens with zero attached hydrogens (tertiary/aromatic N) is 1. The van der Waals surface area contributed by atoms with Crippen LogP contribution in [0.3, 0.4) is 0 Å². The standard InChI is InChI=1S/C15H14FN3O/c1-2-9-18-15(20)11-6-5-10-17-14(11)19-13-8-4-3-7-12(13)16/h2-8,10H,1,9H2,(H,17,19)(H,18,20). The van der Waals surface area contributed by atoms with Crippen LogP contribution in [0.1, 0.15) is 10.4 Å². The lowest BCUT2D eigenvalue weighted by Crippen LogP contribution is -2.24. The van der Waals surface area contributed by atoms with Crippen LogP contribution in [0.5, 0.6) is 0 Å². The van der Waals surface area contributed by atoms with Crippen molar-refractivity contribution in [2.75, 3.05) is 11.9 Å². The molecule has 0 unspecified atom stereocenters. The maximum absolute atomic E-state index is 13.6. The van der Waals surface area contributed by atoms with Gasteiger partial charge < -0.3 is 10.6 Å². The number of hydrogen-bond donors (Lipinski definition) is 2. The molecule has 0 saturated carbocycles. The maximum atomic E-state index is 13.6. The summed E-state index contributed by atoms with van der Waals surface area (Å²) in [6, 6.07) is 9.48. The molecule has 0 saturated heterocycles. The van der Waals surface area contributed by atoms with Crippen LogP contribution in [0.25, 0.3) is 0 Å². The average molecular weight is 271 g/mol. The zero-order valence-corrected chi connectivity index (χ0v) is 10.8. The molecule has 102 valence electrons. The van der Waals surface area contributed by atoms with Gasteiger partial charge in [0.25, 0.3) is 5.91 Å². The second-order valence-electron chi connectivity index (χ2n) is 4.00. The molecule has 5 heteroatoms. The molecule has 1 heterocycles. The summed E-state index contributed by atoms with van der Waals surface area (Å²) < 4.78 is 13.6. The number of carbonyl (C=O) groups excluding carboxylic acids is 1.